The second-order valence-corrected chi connectivity index (χ2v) is 6.13. The molecule has 18 heavy (non-hydrogen) atoms. The lowest BCUT2D eigenvalue weighted by atomic mass is 9.94. The average molecular weight is 266 g/mol. The van der Waals surface area contributed by atoms with Crippen molar-refractivity contribution in [3.63, 3.8) is 0 Å². The minimum atomic E-state index is -3.88. The molecule has 0 unspecified atom stereocenters. The molecule has 0 aliphatic carbocycles. The van der Waals surface area contributed by atoms with Crippen LogP contribution in [0.25, 0.3) is 0 Å². The normalized spacial score (nSPS) is 16.6. The maximum atomic E-state index is 13.7. The third-order valence-corrected chi connectivity index (χ3v) is 2.59. The van der Waals surface area contributed by atoms with E-state index in [1.165, 1.54) is 0 Å². The predicted molar refractivity (Wildman–Crippen MR) is 66.2 cm³/mol. The van der Waals surface area contributed by atoms with Gasteiger partial charge in [-0.25, -0.2) is 0 Å². The van der Waals surface area contributed by atoms with E-state index < -0.39 is 24.0 Å². The zero-order valence-electron chi connectivity index (χ0n) is 11.6. The van der Waals surface area contributed by atoms with E-state index in [2.05, 4.69) is 5.32 Å². The number of carbonyl (C=O) groups excluding carboxylic acids is 1. The van der Waals surface area contributed by atoms with Crippen LogP contribution in [0.1, 0.15) is 34.6 Å². The highest BCUT2D eigenvalue weighted by atomic mass is 19.3. The first-order valence-corrected chi connectivity index (χ1v) is 5.99. The summed E-state index contributed by atoms with van der Waals surface area (Å²) in [5.74, 6) is -5.71. The van der Waals surface area contributed by atoms with E-state index >= 15 is 0 Å². The molecule has 0 aromatic carbocycles. The lowest BCUT2D eigenvalue weighted by Crippen LogP contribution is -2.57. The number of rotatable bonds is 5. The smallest absolute Gasteiger partial charge is 0.351 e. The van der Waals surface area contributed by atoms with Gasteiger partial charge in [0.1, 0.15) is 6.10 Å². The van der Waals surface area contributed by atoms with Gasteiger partial charge in [0.15, 0.2) is 0 Å². The number of aliphatic hydroxyl groups is 1. The third-order valence-electron chi connectivity index (χ3n) is 2.59. The highest BCUT2D eigenvalue weighted by molar-refractivity contribution is 5.84. The predicted octanol–water partition coefficient (Wildman–Crippen LogP) is 1.13. The Morgan fingerprint density at radius 1 is 1.33 bits per heavy atom. The van der Waals surface area contributed by atoms with Crippen LogP contribution in [0.2, 0.25) is 0 Å². The fourth-order valence-corrected chi connectivity index (χ4v) is 1.20. The average Bonchev–Trinajstić information content (AvgIpc) is 2.22. The summed E-state index contributed by atoms with van der Waals surface area (Å²) in [7, 11) is 0. The molecule has 6 heteroatoms. The van der Waals surface area contributed by atoms with Crippen LogP contribution in [0.4, 0.5) is 8.78 Å². The van der Waals surface area contributed by atoms with E-state index in [-0.39, 0.29) is 17.9 Å². The van der Waals surface area contributed by atoms with E-state index in [9.17, 15) is 18.7 Å². The van der Waals surface area contributed by atoms with Crippen molar-refractivity contribution in [2.75, 3.05) is 6.54 Å². The SMILES string of the molecule is CC(C)[C@H](N)[C@@H](O)C(F)(F)C(=O)NCC(C)(C)C. The molecule has 108 valence electrons. The summed E-state index contributed by atoms with van der Waals surface area (Å²) in [5, 5.41) is 11.6. The van der Waals surface area contributed by atoms with Crippen molar-refractivity contribution in [1.29, 1.82) is 0 Å². The summed E-state index contributed by atoms with van der Waals surface area (Å²) >= 11 is 0. The molecule has 0 saturated carbocycles. The Hall–Kier alpha value is -0.750. The third kappa shape index (κ3) is 4.86. The van der Waals surface area contributed by atoms with Crippen LogP contribution in [0.15, 0.2) is 0 Å². The second-order valence-electron chi connectivity index (χ2n) is 6.13. The monoisotopic (exact) mass is 266 g/mol. The van der Waals surface area contributed by atoms with Crippen molar-refractivity contribution in [3.8, 4) is 0 Å². The molecule has 0 fully saturated rings. The zero-order chi connectivity index (χ0) is 14.7. The lowest BCUT2D eigenvalue weighted by molar-refractivity contribution is -0.167. The molecule has 0 aromatic heterocycles. The fourth-order valence-electron chi connectivity index (χ4n) is 1.20. The van der Waals surface area contributed by atoms with E-state index in [1.807, 2.05) is 20.8 Å². The standard InChI is InChI=1S/C12H24F2N2O2/c1-7(2)8(15)9(17)12(13,14)10(18)16-6-11(3,4)5/h7-9,17H,6,15H2,1-5H3,(H,16,18)/t8-,9+/m0/s1. The van der Waals surface area contributed by atoms with Crippen molar-refractivity contribution in [3.05, 3.63) is 0 Å². The minimum Gasteiger partial charge on any atom is -0.385 e. The summed E-state index contributed by atoms with van der Waals surface area (Å²) in [5.41, 5.74) is 5.15. The van der Waals surface area contributed by atoms with Crippen molar-refractivity contribution < 1.29 is 18.7 Å². The van der Waals surface area contributed by atoms with Crippen molar-refractivity contribution >= 4 is 5.91 Å². The summed E-state index contributed by atoms with van der Waals surface area (Å²) in [6.45, 7) is 8.74. The second kappa shape index (κ2) is 5.93. The Morgan fingerprint density at radius 3 is 2.11 bits per heavy atom. The maximum absolute atomic E-state index is 13.7. The van der Waals surface area contributed by atoms with Gasteiger partial charge in [0.05, 0.1) is 0 Å². The number of nitrogens with one attached hydrogen (secondary N) is 1. The fraction of sp³-hybridized carbons (Fsp3) is 0.917. The molecule has 0 heterocycles. The van der Waals surface area contributed by atoms with Crippen LogP contribution in [-0.2, 0) is 4.79 Å². The first-order valence-electron chi connectivity index (χ1n) is 5.99. The maximum Gasteiger partial charge on any atom is 0.351 e. The van der Waals surface area contributed by atoms with Gasteiger partial charge in [-0.2, -0.15) is 8.78 Å². The molecule has 2 atom stereocenters. The Morgan fingerprint density at radius 2 is 1.78 bits per heavy atom. The summed E-state index contributed by atoms with van der Waals surface area (Å²) in [4.78, 5) is 11.4. The number of hydrogen-bond acceptors (Lipinski definition) is 3. The molecule has 0 aliphatic rings. The van der Waals surface area contributed by atoms with Gasteiger partial charge in [-0.15, -0.1) is 0 Å². The van der Waals surface area contributed by atoms with Crippen LogP contribution < -0.4 is 11.1 Å². The highest BCUT2D eigenvalue weighted by Gasteiger charge is 2.49. The molecule has 4 N–H and O–H groups in total. The van der Waals surface area contributed by atoms with Crippen LogP contribution in [0.3, 0.4) is 0 Å². The molecule has 0 aliphatic heterocycles. The van der Waals surface area contributed by atoms with Crippen molar-refractivity contribution in [2.24, 2.45) is 17.1 Å². The van der Waals surface area contributed by atoms with Gasteiger partial charge in [0, 0.05) is 12.6 Å². The molecule has 0 aromatic rings. The van der Waals surface area contributed by atoms with E-state index in [1.54, 1.807) is 13.8 Å². The molecule has 0 bridgehead atoms. The van der Waals surface area contributed by atoms with Gasteiger partial charge in [0.25, 0.3) is 5.91 Å². The number of hydrogen-bond donors (Lipinski definition) is 3. The quantitative estimate of drug-likeness (QED) is 0.698. The van der Waals surface area contributed by atoms with Gasteiger partial charge in [-0.1, -0.05) is 34.6 Å². The lowest BCUT2D eigenvalue weighted by Gasteiger charge is -2.29. The number of alkyl halides is 2. The molecule has 1 amide bonds. The van der Waals surface area contributed by atoms with Gasteiger partial charge < -0.3 is 16.2 Å². The molecule has 4 nitrogen and oxygen atoms in total. The Bertz CT molecular complexity index is 288. The van der Waals surface area contributed by atoms with Gasteiger partial charge >= 0.3 is 5.92 Å². The minimum absolute atomic E-state index is 0.102. The largest absolute Gasteiger partial charge is 0.385 e. The molecule has 0 saturated heterocycles. The topological polar surface area (TPSA) is 75.3 Å². The summed E-state index contributed by atoms with van der Waals surface area (Å²) in [6.07, 6.45) is -2.18. The van der Waals surface area contributed by atoms with Gasteiger partial charge in [-0.3, -0.25) is 4.79 Å². The first-order chi connectivity index (χ1) is 7.89. The Labute approximate surface area is 107 Å². The van der Waals surface area contributed by atoms with Gasteiger partial charge in [0.2, 0.25) is 0 Å². The molecular formula is C12H24F2N2O2. The van der Waals surface area contributed by atoms with E-state index in [0.29, 0.717) is 0 Å². The van der Waals surface area contributed by atoms with E-state index in [4.69, 9.17) is 5.73 Å². The Balaban J connectivity index is 4.66. The first kappa shape index (κ1) is 17.2. The Kier molecular flexibility index (Phi) is 5.68. The highest BCUT2D eigenvalue weighted by Crippen LogP contribution is 2.24. The molecule has 0 spiro atoms. The number of halogens is 2. The summed E-state index contributed by atoms with van der Waals surface area (Å²) < 4.78 is 27.3. The van der Waals surface area contributed by atoms with Crippen LogP contribution >= 0.6 is 0 Å². The summed E-state index contributed by atoms with van der Waals surface area (Å²) in [6, 6.07) is -1.15. The number of carbonyl (C=O) groups is 1. The number of nitrogens with two attached hydrogens (primary N) is 1. The number of amides is 1. The van der Waals surface area contributed by atoms with Crippen LogP contribution in [0.5, 0.6) is 0 Å². The zero-order valence-corrected chi connectivity index (χ0v) is 11.6. The molecular weight excluding hydrogens is 242 g/mol. The van der Waals surface area contributed by atoms with Crippen LogP contribution in [-0.4, -0.2) is 35.6 Å². The molecule has 0 rings (SSSR count). The molecule has 0 radical (unpaired) electrons. The van der Waals surface area contributed by atoms with Crippen LogP contribution in [0, 0.1) is 11.3 Å². The van der Waals surface area contributed by atoms with Gasteiger partial charge in [-0.05, 0) is 11.3 Å². The number of aliphatic hydroxyl groups excluding tert-OH is 1. The van der Waals surface area contributed by atoms with E-state index in [0.717, 1.165) is 0 Å². The van der Waals surface area contributed by atoms with Crippen molar-refractivity contribution in [2.45, 2.75) is 52.7 Å². The van der Waals surface area contributed by atoms with Crippen molar-refractivity contribution in [1.82, 2.24) is 5.32 Å².